The molecule has 0 fully saturated rings. The molecule has 0 amide bonds. The van der Waals surface area contributed by atoms with Gasteiger partial charge in [-0.05, 0) is 62.4 Å². The van der Waals surface area contributed by atoms with Gasteiger partial charge in [-0.2, -0.15) is 0 Å². The second-order valence-corrected chi connectivity index (χ2v) is 10.6. The van der Waals surface area contributed by atoms with Crippen molar-refractivity contribution < 1.29 is 24.1 Å². The molecule has 0 heterocycles. The van der Waals surface area contributed by atoms with Crippen molar-refractivity contribution in [1.82, 2.24) is 0 Å². The zero-order valence-electron chi connectivity index (χ0n) is 23.0. The quantitative estimate of drug-likeness (QED) is 0.160. The fourth-order valence-electron chi connectivity index (χ4n) is 3.86. The van der Waals surface area contributed by atoms with Gasteiger partial charge in [0.25, 0.3) is 0 Å². The molecular weight excluding hydrogens is 452 g/mol. The maximum Gasteiger partial charge on any atom is 0.311 e. The normalized spacial score (nSPS) is 13.5. The van der Waals surface area contributed by atoms with Crippen molar-refractivity contribution in [2.45, 2.75) is 97.5 Å². The van der Waals surface area contributed by atoms with Crippen LogP contribution in [0.15, 0.2) is 42.5 Å². The van der Waals surface area contributed by atoms with Crippen LogP contribution in [0.25, 0.3) is 10.8 Å². The number of esters is 1. The third kappa shape index (κ3) is 10.9. The molecule has 0 spiro atoms. The molecule has 1 unspecified atom stereocenters. The molecule has 0 aliphatic rings. The van der Waals surface area contributed by atoms with E-state index in [1.807, 2.05) is 27.7 Å². The molecule has 2 aromatic rings. The molecule has 0 bridgehead atoms. The number of ether oxygens (including phenoxy) is 3. The van der Waals surface area contributed by atoms with Gasteiger partial charge in [-0.3, -0.25) is 4.79 Å². The third-order valence-corrected chi connectivity index (χ3v) is 7.11. The lowest BCUT2D eigenvalue weighted by Crippen LogP contribution is -2.41. The van der Waals surface area contributed by atoms with Crippen LogP contribution in [0.5, 0.6) is 5.75 Å². The number of rotatable bonds is 19. The highest BCUT2D eigenvalue weighted by molar-refractivity contribution is 5.83. The first-order valence-electron chi connectivity index (χ1n) is 13.9. The molecule has 0 saturated carbocycles. The van der Waals surface area contributed by atoms with Crippen molar-refractivity contribution in [1.29, 1.82) is 0 Å². The Labute approximate surface area is 218 Å². The molecule has 5 heteroatoms. The third-order valence-electron chi connectivity index (χ3n) is 7.11. The Morgan fingerprint density at radius 1 is 0.778 bits per heavy atom. The van der Waals surface area contributed by atoms with E-state index in [2.05, 4.69) is 42.5 Å². The molecule has 36 heavy (non-hydrogen) atoms. The van der Waals surface area contributed by atoms with Crippen LogP contribution < -0.4 is 4.74 Å². The van der Waals surface area contributed by atoms with Gasteiger partial charge in [-0.1, -0.05) is 82.7 Å². The van der Waals surface area contributed by atoms with Gasteiger partial charge in [0.05, 0.1) is 18.6 Å². The largest absolute Gasteiger partial charge is 0.494 e. The van der Waals surface area contributed by atoms with E-state index in [4.69, 9.17) is 14.2 Å². The molecule has 2 aromatic carbocycles. The van der Waals surface area contributed by atoms with Gasteiger partial charge in [-0.25, -0.2) is 0 Å². The first-order valence-corrected chi connectivity index (χ1v) is 13.9. The number of hydrogen-bond donors (Lipinski definition) is 1. The second kappa shape index (κ2) is 15.9. The standard InChI is InChI=1S/C31H48O5/c1-5-30(3,4)29(32)36-25-31(33,6-2)24-34-21-15-11-9-7-8-10-12-16-22-35-28-20-19-26-17-13-14-18-27(26)23-28/h13-14,17-20,23,33H,5-12,15-16,21-22,24-25H2,1-4H3. The predicted molar refractivity (Wildman–Crippen MR) is 147 cm³/mol. The molecule has 0 aliphatic heterocycles. The molecule has 0 radical (unpaired) electrons. The maximum absolute atomic E-state index is 12.2. The van der Waals surface area contributed by atoms with Crippen molar-refractivity contribution in [3.05, 3.63) is 42.5 Å². The average Bonchev–Trinajstić information content (AvgIpc) is 2.89. The number of benzene rings is 2. The van der Waals surface area contributed by atoms with E-state index < -0.39 is 11.0 Å². The number of carbonyl (C=O) groups is 1. The topological polar surface area (TPSA) is 65.0 Å². The molecule has 0 saturated heterocycles. The summed E-state index contributed by atoms with van der Waals surface area (Å²) in [6.45, 7) is 9.15. The van der Waals surface area contributed by atoms with Crippen molar-refractivity contribution in [2.24, 2.45) is 5.41 Å². The zero-order valence-corrected chi connectivity index (χ0v) is 23.0. The van der Waals surface area contributed by atoms with Gasteiger partial charge in [0.15, 0.2) is 0 Å². The second-order valence-electron chi connectivity index (χ2n) is 10.6. The van der Waals surface area contributed by atoms with E-state index in [1.54, 1.807) is 0 Å². The Morgan fingerprint density at radius 2 is 1.39 bits per heavy atom. The van der Waals surface area contributed by atoms with Crippen LogP contribution in [0, 0.1) is 5.41 Å². The van der Waals surface area contributed by atoms with Crippen LogP contribution in [0.4, 0.5) is 0 Å². The maximum atomic E-state index is 12.2. The molecule has 0 aromatic heterocycles. The summed E-state index contributed by atoms with van der Waals surface area (Å²) in [5.41, 5.74) is -1.64. The zero-order chi connectivity index (χ0) is 26.3. The Hall–Kier alpha value is -2.11. The highest BCUT2D eigenvalue weighted by Crippen LogP contribution is 2.23. The Balaban J connectivity index is 1.43. The monoisotopic (exact) mass is 500 g/mol. The highest BCUT2D eigenvalue weighted by atomic mass is 16.6. The van der Waals surface area contributed by atoms with Crippen molar-refractivity contribution in [2.75, 3.05) is 26.4 Å². The number of fused-ring (bicyclic) bond motifs is 1. The minimum atomic E-state index is -1.11. The number of carbonyl (C=O) groups excluding carboxylic acids is 1. The molecule has 1 N–H and O–H groups in total. The van der Waals surface area contributed by atoms with Gasteiger partial charge in [-0.15, -0.1) is 0 Å². The average molecular weight is 501 g/mol. The smallest absolute Gasteiger partial charge is 0.311 e. The van der Waals surface area contributed by atoms with Gasteiger partial charge >= 0.3 is 5.97 Å². The van der Waals surface area contributed by atoms with E-state index in [9.17, 15) is 9.90 Å². The summed E-state index contributed by atoms with van der Waals surface area (Å²) in [5.74, 6) is 0.684. The predicted octanol–water partition coefficient (Wildman–Crippen LogP) is 7.48. The Bertz CT molecular complexity index is 893. The molecule has 1 atom stereocenters. The summed E-state index contributed by atoms with van der Waals surface area (Å²) in [6.07, 6.45) is 10.6. The van der Waals surface area contributed by atoms with Crippen LogP contribution in [0.1, 0.15) is 91.9 Å². The molecule has 202 valence electrons. The highest BCUT2D eigenvalue weighted by Gasteiger charge is 2.32. The SMILES string of the molecule is CCC(O)(COCCCCCCCCCCOc1ccc2ccccc2c1)COC(=O)C(C)(C)CC. The summed E-state index contributed by atoms with van der Waals surface area (Å²) in [4.78, 5) is 12.2. The van der Waals surface area contributed by atoms with E-state index in [0.717, 1.165) is 31.6 Å². The minimum Gasteiger partial charge on any atom is -0.494 e. The van der Waals surface area contributed by atoms with Crippen molar-refractivity contribution in [3.8, 4) is 5.75 Å². The first kappa shape index (κ1) is 30.1. The van der Waals surface area contributed by atoms with Gasteiger partial charge in [0.2, 0.25) is 0 Å². The summed E-state index contributed by atoms with van der Waals surface area (Å²) in [5, 5.41) is 13.1. The Morgan fingerprint density at radius 3 is 2.03 bits per heavy atom. The number of aliphatic hydroxyl groups is 1. The van der Waals surface area contributed by atoms with E-state index in [0.29, 0.717) is 19.4 Å². The lowest BCUT2D eigenvalue weighted by molar-refractivity contribution is -0.166. The van der Waals surface area contributed by atoms with Crippen molar-refractivity contribution >= 4 is 16.7 Å². The lowest BCUT2D eigenvalue weighted by Gasteiger charge is -2.28. The van der Waals surface area contributed by atoms with E-state index in [1.165, 1.54) is 42.9 Å². The van der Waals surface area contributed by atoms with Gasteiger partial charge < -0.3 is 19.3 Å². The Kier molecular flexibility index (Phi) is 13.3. The van der Waals surface area contributed by atoms with Crippen LogP contribution >= 0.6 is 0 Å². The molecular formula is C31H48O5. The minimum absolute atomic E-state index is 0.0148. The summed E-state index contributed by atoms with van der Waals surface area (Å²) in [7, 11) is 0. The first-order chi connectivity index (χ1) is 17.3. The van der Waals surface area contributed by atoms with Crippen LogP contribution in [0.2, 0.25) is 0 Å². The summed E-state index contributed by atoms with van der Waals surface area (Å²) < 4.78 is 17.0. The molecule has 2 rings (SSSR count). The van der Waals surface area contributed by atoms with E-state index in [-0.39, 0.29) is 19.2 Å². The van der Waals surface area contributed by atoms with Crippen LogP contribution in [-0.2, 0) is 14.3 Å². The lowest BCUT2D eigenvalue weighted by atomic mass is 9.90. The van der Waals surface area contributed by atoms with Gasteiger partial charge in [0, 0.05) is 6.61 Å². The fraction of sp³-hybridized carbons (Fsp3) is 0.645. The van der Waals surface area contributed by atoms with Gasteiger partial charge in [0.1, 0.15) is 18.0 Å². The van der Waals surface area contributed by atoms with Crippen LogP contribution in [0.3, 0.4) is 0 Å². The van der Waals surface area contributed by atoms with Crippen LogP contribution in [-0.4, -0.2) is 43.1 Å². The molecule has 5 nitrogen and oxygen atoms in total. The summed E-state index contributed by atoms with van der Waals surface area (Å²) in [6, 6.07) is 14.6. The van der Waals surface area contributed by atoms with E-state index >= 15 is 0 Å². The number of hydrogen-bond acceptors (Lipinski definition) is 5. The fourth-order valence-corrected chi connectivity index (χ4v) is 3.86. The number of unbranched alkanes of at least 4 members (excludes halogenated alkanes) is 7. The summed E-state index contributed by atoms with van der Waals surface area (Å²) >= 11 is 0. The van der Waals surface area contributed by atoms with Crippen molar-refractivity contribution in [3.63, 3.8) is 0 Å². The molecule has 0 aliphatic carbocycles.